The second-order valence-corrected chi connectivity index (χ2v) is 6.32. The van der Waals surface area contributed by atoms with E-state index >= 15 is 0 Å². The number of sulfonamides is 1. The van der Waals surface area contributed by atoms with Gasteiger partial charge in [-0.1, -0.05) is 6.07 Å². The van der Waals surface area contributed by atoms with Crippen LogP contribution in [0.25, 0.3) is 0 Å². The zero-order valence-electron chi connectivity index (χ0n) is 12.8. The summed E-state index contributed by atoms with van der Waals surface area (Å²) >= 11 is 0. The number of esters is 1. The molecule has 0 bridgehead atoms. The topological polar surface area (TPSA) is 90.3 Å². The number of benzene rings is 1. The van der Waals surface area contributed by atoms with Crippen LogP contribution in [0.2, 0.25) is 0 Å². The van der Waals surface area contributed by atoms with Crippen molar-refractivity contribution in [2.75, 3.05) is 11.8 Å². The molecule has 23 heavy (non-hydrogen) atoms. The first-order valence-electron chi connectivity index (χ1n) is 6.74. The number of nitrogens with zero attached hydrogens (tertiary/aromatic N) is 2. The highest BCUT2D eigenvalue weighted by molar-refractivity contribution is 7.92. The smallest absolute Gasteiger partial charge is 0.337 e. The number of anilines is 1. The summed E-state index contributed by atoms with van der Waals surface area (Å²) in [6.45, 7) is 3.27. The summed E-state index contributed by atoms with van der Waals surface area (Å²) in [6.07, 6.45) is 0. The number of ether oxygens (including phenoxy) is 1. The average molecular weight is 341 g/mol. The first-order chi connectivity index (χ1) is 10.8. The Morgan fingerprint density at radius 2 is 2.13 bits per heavy atom. The number of hydrogen-bond acceptors (Lipinski definition) is 5. The minimum absolute atomic E-state index is 0.0565. The Kier molecular flexibility index (Phi) is 4.69. The number of rotatable bonds is 5. The Balaban J connectivity index is 2.40. The van der Waals surface area contributed by atoms with E-state index in [0.29, 0.717) is 0 Å². The summed E-state index contributed by atoms with van der Waals surface area (Å²) in [5.41, 5.74) is 0.353. The van der Waals surface area contributed by atoms with Gasteiger partial charge >= 0.3 is 5.97 Å². The molecule has 2 aromatic rings. The van der Waals surface area contributed by atoms with Crippen LogP contribution < -0.4 is 4.72 Å². The molecule has 0 aliphatic heterocycles. The molecule has 0 saturated heterocycles. The lowest BCUT2D eigenvalue weighted by Crippen LogP contribution is -2.16. The van der Waals surface area contributed by atoms with Crippen molar-refractivity contribution in [3.05, 3.63) is 41.5 Å². The third kappa shape index (κ3) is 3.34. The normalized spacial score (nSPS) is 11.3. The molecule has 0 atom stereocenters. The zero-order valence-corrected chi connectivity index (χ0v) is 13.6. The maximum absolute atomic E-state index is 14.2. The standard InChI is InChI=1S/C14H16FN3O4S/c1-4-18-13(15)12(9(2)16-18)23(20,21)17-11-7-5-6-10(8-11)14(19)22-3/h5-8,17H,4H2,1-3H3. The Bertz CT molecular complexity index is 846. The SMILES string of the molecule is CCn1nc(C)c(S(=O)(=O)Nc2cccc(C(=O)OC)c2)c1F. The number of halogens is 1. The molecule has 1 aromatic carbocycles. The van der Waals surface area contributed by atoms with Crippen LogP contribution in [-0.4, -0.2) is 31.3 Å². The third-order valence-electron chi connectivity index (χ3n) is 3.12. The van der Waals surface area contributed by atoms with Gasteiger partial charge in [-0.3, -0.25) is 4.72 Å². The van der Waals surface area contributed by atoms with E-state index in [1.54, 1.807) is 6.92 Å². The molecule has 0 aliphatic carbocycles. The fourth-order valence-corrected chi connectivity index (χ4v) is 3.38. The van der Waals surface area contributed by atoms with Gasteiger partial charge in [0.2, 0.25) is 5.95 Å². The van der Waals surface area contributed by atoms with E-state index in [2.05, 4.69) is 14.6 Å². The quantitative estimate of drug-likeness (QED) is 0.839. The van der Waals surface area contributed by atoms with Crippen molar-refractivity contribution < 1.29 is 22.3 Å². The van der Waals surface area contributed by atoms with E-state index in [1.807, 2.05) is 0 Å². The van der Waals surface area contributed by atoms with Crippen molar-refractivity contribution in [3.8, 4) is 0 Å². The molecule has 7 nitrogen and oxygen atoms in total. The molecule has 0 unspecified atom stereocenters. The van der Waals surface area contributed by atoms with Crippen LogP contribution in [-0.2, 0) is 21.3 Å². The number of carbonyl (C=O) groups is 1. The molecule has 0 fully saturated rings. The van der Waals surface area contributed by atoms with Gasteiger partial charge in [-0.15, -0.1) is 0 Å². The molecule has 1 heterocycles. The Hall–Kier alpha value is -2.42. The van der Waals surface area contributed by atoms with Gasteiger partial charge in [0.1, 0.15) is 0 Å². The summed E-state index contributed by atoms with van der Waals surface area (Å²) in [5.74, 6) is -1.53. The summed E-state index contributed by atoms with van der Waals surface area (Å²) in [5, 5.41) is 3.84. The summed E-state index contributed by atoms with van der Waals surface area (Å²) in [4.78, 5) is 11.0. The molecular formula is C14H16FN3O4S. The van der Waals surface area contributed by atoms with Crippen LogP contribution in [0.4, 0.5) is 10.1 Å². The molecule has 0 aliphatic rings. The van der Waals surface area contributed by atoms with Crippen LogP contribution in [0.1, 0.15) is 23.0 Å². The first-order valence-corrected chi connectivity index (χ1v) is 8.22. The molecule has 9 heteroatoms. The monoisotopic (exact) mass is 341 g/mol. The molecular weight excluding hydrogens is 325 g/mol. The van der Waals surface area contributed by atoms with Gasteiger partial charge in [0.25, 0.3) is 10.0 Å². The highest BCUT2D eigenvalue weighted by Gasteiger charge is 2.27. The molecule has 0 amide bonds. The van der Waals surface area contributed by atoms with Gasteiger partial charge in [0.05, 0.1) is 18.4 Å². The highest BCUT2D eigenvalue weighted by atomic mass is 32.2. The molecule has 1 N–H and O–H groups in total. The molecule has 0 spiro atoms. The summed E-state index contributed by atoms with van der Waals surface area (Å²) < 4.78 is 46.8. The van der Waals surface area contributed by atoms with Crippen LogP contribution in [0.15, 0.2) is 29.2 Å². The van der Waals surface area contributed by atoms with E-state index in [1.165, 1.54) is 38.3 Å². The largest absolute Gasteiger partial charge is 0.465 e. The van der Waals surface area contributed by atoms with Gasteiger partial charge in [-0.2, -0.15) is 9.49 Å². The Labute approximate surface area is 133 Å². The van der Waals surface area contributed by atoms with Crippen LogP contribution in [0, 0.1) is 12.9 Å². The molecule has 1 aromatic heterocycles. The first kappa shape index (κ1) is 16.9. The van der Waals surface area contributed by atoms with Crippen molar-refractivity contribution in [2.45, 2.75) is 25.3 Å². The summed E-state index contributed by atoms with van der Waals surface area (Å²) in [6, 6.07) is 5.72. The number of nitrogens with one attached hydrogen (secondary N) is 1. The molecule has 0 saturated carbocycles. The van der Waals surface area contributed by atoms with Crippen LogP contribution in [0.5, 0.6) is 0 Å². The summed E-state index contributed by atoms with van der Waals surface area (Å²) in [7, 11) is -2.95. The maximum atomic E-state index is 14.2. The fraction of sp³-hybridized carbons (Fsp3) is 0.286. The van der Waals surface area contributed by atoms with Gasteiger partial charge < -0.3 is 4.74 Å². The van der Waals surface area contributed by atoms with E-state index in [-0.39, 0.29) is 23.5 Å². The van der Waals surface area contributed by atoms with Crippen molar-refractivity contribution in [3.63, 3.8) is 0 Å². The molecule has 2 rings (SSSR count). The van der Waals surface area contributed by atoms with Crippen molar-refractivity contribution in [1.82, 2.24) is 9.78 Å². The number of methoxy groups -OCH3 is 1. The number of aromatic nitrogens is 2. The zero-order chi connectivity index (χ0) is 17.2. The second-order valence-electron chi connectivity index (χ2n) is 4.70. The maximum Gasteiger partial charge on any atom is 0.337 e. The van der Waals surface area contributed by atoms with Crippen LogP contribution >= 0.6 is 0 Å². The van der Waals surface area contributed by atoms with Gasteiger partial charge in [-0.05, 0) is 32.0 Å². The van der Waals surface area contributed by atoms with Gasteiger partial charge in [0.15, 0.2) is 4.90 Å². The van der Waals surface area contributed by atoms with Gasteiger partial charge in [0, 0.05) is 12.2 Å². The predicted octanol–water partition coefficient (Wildman–Crippen LogP) is 1.94. The number of hydrogen-bond donors (Lipinski definition) is 1. The second kappa shape index (κ2) is 6.37. The lowest BCUT2D eigenvalue weighted by Gasteiger charge is -2.08. The fourth-order valence-electron chi connectivity index (χ4n) is 2.09. The van der Waals surface area contributed by atoms with E-state index in [9.17, 15) is 17.6 Å². The lowest BCUT2D eigenvalue weighted by molar-refractivity contribution is 0.0600. The number of carbonyl (C=O) groups excluding carboxylic acids is 1. The van der Waals surface area contributed by atoms with E-state index < -0.39 is 26.8 Å². The minimum Gasteiger partial charge on any atom is -0.465 e. The van der Waals surface area contributed by atoms with E-state index in [4.69, 9.17) is 0 Å². The molecule has 124 valence electrons. The van der Waals surface area contributed by atoms with Gasteiger partial charge in [-0.25, -0.2) is 17.9 Å². The Morgan fingerprint density at radius 1 is 1.43 bits per heavy atom. The van der Waals surface area contributed by atoms with Crippen LogP contribution in [0.3, 0.4) is 0 Å². The minimum atomic E-state index is -4.17. The van der Waals surface area contributed by atoms with E-state index in [0.717, 1.165) is 4.68 Å². The third-order valence-corrected chi connectivity index (χ3v) is 4.62. The average Bonchev–Trinajstić information content (AvgIpc) is 2.80. The lowest BCUT2D eigenvalue weighted by atomic mass is 10.2. The Morgan fingerprint density at radius 3 is 2.70 bits per heavy atom. The van der Waals surface area contributed by atoms with Crippen molar-refractivity contribution in [1.29, 1.82) is 0 Å². The molecule has 0 radical (unpaired) electrons. The van der Waals surface area contributed by atoms with Crippen molar-refractivity contribution >= 4 is 21.7 Å². The number of aryl methyl sites for hydroxylation is 2. The van der Waals surface area contributed by atoms with Crippen molar-refractivity contribution in [2.24, 2.45) is 0 Å². The highest BCUT2D eigenvalue weighted by Crippen LogP contribution is 2.22. The predicted molar refractivity (Wildman–Crippen MR) is 81.2 cm³/mol.